The van der Waals surface area contributed by atoms with Gasteiger partial charge < -0.3 is 14.2 Å². The maximum atomic E-state index is 13.1. The number of carbonyl (C=O) groups excluding carboxylic acids is 1. The number of carbonyl (C=O) groups is 1. The summed E-state index contributed by atoms with van der Waals surface area (Å²) in [5.41, 5.74) is 3.64. The normalized spacial score (nSPS) is 12.0. The molecule has 0 bridgehead atoms. The molecule has 158 valence electrons. The highest BCUT2D eigenvalue weighted by molar-refractivity contribution is 5.78. The summed E-state index contributed by atoms with van der Waals surface area (Å²) in [7, 11) is 0. The predicted molar refractivity (Wildman–Crippen MR) is 122 cm³/mol. The molecular formula is C26H32N2O2. The molecule has 0 spiro atoms. The molecule has 1 heterocycles. The first-order chi connectivity index (χ1) is 14.4. The van der Waals surface area contributed by atoms with Crippen LogP contribution in [0.1, 0.15) is 37.6 Å². The van der Waals surface area contributed by atoms with E-state index in [0.29, 0.717) is 18.2 Å². The van der Waals surface area contributed by atoms with Gasteiger partial charge in [-0.05, 0) is 49.6 Å². The van der Waals surface area contributed by atoms with Gasteiger partial charge in [0.25, 0.3) is 5.91 Å². The molecule has 4 heteroatoms. The molecule has 1 atom stereocenters. The molecule has 0 aliphatic rings. The first-order valence-corrected chi connectivity index (χ1v) is 10.6. The quantitative estimate of drug-likeness (QED) is 0.485. The number of rotatable bonds is 9. The molecule has 0 N–H and O–H groups in total. The van der Waals surface area contributed by atoms with Crippen LogP contribution in [-0.4, -0.2) is 28.0 Å². The minimum absolute atomic E-state index is 0.00311. The van der Waals surface area contributed by atoms with E-state index in [0.717, 1.165) is 12.2 Å². The Kier molecular flexibility index (Phi) is 7.34. The number of hydrogen-bond donors (Lipinski definition) is 0. The van der Waals surface area contributed by atoms with Crippen molar-refractivity contribution in [2.24, 2.45) is 5.92 Å². The van der Waals surface area contributed by atoms with Crippen molar-refractivity contribution in [3.05, 3.63) is 89.7 Å². The van der Waals surface area contributed by atoms with Crippen LogP contribution in [0.15, 0.2) is 72.9 Å². The summed E-state index contributed by atoms with van der Waals surface area (Å²) in [6.45, 7) is 9.91. The molecule has 0 saturated carbocycles. The smallest absolute Gasteiger partial charge is 0.261 e. The zero-order chi connectivity index (χ0) is 21.5. The van der Waals surface area contributed by atoms with Crippen molar-refractivity contribution in [2.75, 3.05) is 6.61 Å². The zero-order valence-corrected chi connectivity index (χ0v) is 18.4. The van der Waals surface area contributed by atoms with Crippen LogP contribution in [0.2, 0.25) is 0 Å². The summed E-state index contributed by atoms with van der Waals surface area (Å²) in [6.07, 6.45) is 2.08. The van der Waals surface area contributed by atoms with E-state index >= 15 is 0 Å². The molecule has 1 aromatic heterocycles. The number of aromatic nitrogens is 1. The van der Waals surface area contributed by atoms with Gasteiger partial charge in [0.05, 0.1) is 6.54 Å². The monoisotopic (exact) mass is 404 g/mol. The Morgan fingerprint density at radius 3 is 2.47 bits per heavy atom. The SMILES string of the molecule is Cc1cccc(Cn2cccc2CN(C(=O)COc2ccccc2)C(C)C(C)C)c1. The van der Waals surface area contributed by atoms with E-state index in [1.54, 1.807) is 0 Å². The molecule has 0 aliphatic carbocycles. The van der Waals surface area contributed by atoms with Crippen LogP contribution >= 0.6 is 0 Å². The predicted octanol–water partition coefficient (Wildman–Crippen LogP) is 5.30. The average molecular weight is 405 g/mol. The Bertz CT molecular complexity index is 946. The Balaban J connectivity index is 1.74. The van der Waals surface area contributed by atoms with Gasteiger partial charge in [0.15, 0.2) is 6.61 Å². The lowest BCUT2D eigenvalue weighted by Gasteiger charge is -2.32. The highest BCUT2D eigenvalue weighted by atomic mass is 16.5. The van der Waals surface area contributed by atoms with Crippen molar-refractivity contribution >= 4 is 5.91 Å². The number of para-hydroxylation sites is 1. The molecule has 4 nitrogen and oxygen atoms in total. The van der Waals surface area contributed by atoms with Gasteiger partial charge in [-0.3, -0.25) is 4.79 Å². The number of aryl methyl sites for hydroxylation is 1. The second-order valence-corrected chi connectivity index (χ2v) is 8.22. The van der Waals surface area contributed by atoms with Gasteiger partial charge in [-0.2, -0.15) is 0 Å². The topological polar surface area (TPSA) is 34.5 Å². The van der Waals surface area contributed by atoms with Crippen LogP contribution in [-0.2, 0) is 17.9 Å². The standard InChI is InChI=1S/C26H32N2O2/c1-20(2)22(4)28(26(29)19-30-25-13-6-5-7-14-25)18-24-12-9-15-27(24)17-23-11-8-10-21(3)16-23/h5-16,20,22H,17-19H2,1-4H3. The number of nitrogens with zero attached hydrogens (tertiary/aromatic N) is 2. The van der Waals surface area contributed by atoms with Gasteiger partial charge in [0, 0.05) is 24.5 Å². The molecule has 1 amide bonds. The molecule has 0 aliphatic heterocycles. The van der Waals surface area contributed by atoms with Crippen LogP contribution in [0.25, 0.3) is 0 Å². The lowest BCUT2D eigenvalue weighted by molar-refractivity contribution is -0.137. The zero-order valence-electron chi connectivity index (χ0n) is 18.4. The summed E-state index contributed by atoms with van der Waals surface area (Å²) >= 11 is 0. The first-order valence-electron chi connectivity index (χ1n) is 10.6. The van der Waals surface area contributed by atoms with Crippen LogP contribution < -0.4 is 4.74 Å². The van der Waals surface area contributed by atoms with Crippen LogP contribution in [0.5, 0.6) is 5.75 Å². The van der Waals surface area contributed by atoms with E-state index in [2.05, 4.69) is 68.8 Å². The summed E-state index contributed by atoms with van der Waals surface area (Å²) in [5, 5.41) is 0. The van der Waals surface area contributed by atoms with E-state index in [1.807, 2.05) is 41.3 Å². The van der Waals surface area contributed by atoms with Crippen molar-refractivity contribution in [2.45, 2.75) is 46.8 Å². The van der Waals surface area contributed by atoms with Crippen molar-refractivity contribution in [1.29, 1.82) is 0 Å². The lowest BCUT2D eigenvalue weighted by Crippen LogP contribution is -2.43. The molecule has 0 saturated heterocycles. The van der Waals surface area contributed by atoms with Crippen molar-refractivity contribution in [3.8, 4) is 5.75 Å². The number of amides is 1. The third kappa shape index (κ3) is 5.76. The molecule has 2 aromatic carbocycles. The average Bonchev–Trinajstić information content (AvgIpc) is 3.17. The van der Waals surface area contributed by atoms with Gasteiger partial charge >= 0.3 is 0 Å². The summed E-state index contributed by atoms with van der Waals surface area (Å²) in [4.78, 5) is 15.0. The minimum Gasteiger partial charge on any atom is -0.484 e. The van der Waals surface area contributed by atoms with Gasteiger partial charge in [-0.1, -0.05) is 61.9 Å². The highest BCUT2D eigenvalue weighted by Crippen LogP contribution is 2.18. The van der Waals surface area contributed by atoms with Gasteiger partial charge in [-0.25, -0.2) is 0 Å². The third-order valence-electron chi connectivity index (χ3n) is 5.57. The van der Waals surface area contributed by atoms with E-state index in [-0.39, 0.29) is 18.6 Å². The molecular weight excluding hydrogens is 372 g/mol. The summed E-state index contributed by atoms with van der Waals surface area (Å²) < 4.78 is 7.96. The Morgan fingerprint density at radius 2 is 1.77 bits per heavy atom. The van der Waals surface area contributed by atoms with E-state index in [4.69, 9.17) is 4.74 Å². The van der Waals surface area contributed by atoms with Gasteiger partial charge in [0.1, 0.15) is 5.75 Å². The maximum absolute atomic E-state index is 13.1. The second-order valence-electron chi connectivity index (χ2n) is 8.22. The third-order valence-corrected chi connectivity index (χ3v) is 5.57. The lowest BCUT2D eigenvalue weighted by atomic mass is 10.0. The largest absolute Gasteiger partial charge is 0.484 e. The Hall–Kier alpha value is -3.01. The van der Waals surface area contributed by atoms with Gasteiger partial charge in [0.2, 0.25) is 0 Å². The number of hydrogen-bond acceptors (Lipinski definition) is 2. The minimum atomic E-state index is 0.00311. The van der Waals surface area contributed by atoms with Crippen LogP contribution in [0, 0.1) is 12.8 Å². The molecule has 3 rings (SSSR count). The first kappa shape index (κ1) is 21.7. The van der Waals surface area contributed by atoms with Crippen LogP contribution in [0.3, 0.4) is 0 Å². The molecule has 1 unspecified atom stereocenters. The summed E-state index contributed by atoms with van der Waals surface area (Å²) in [6, 6.07) is 22.3. The second kappa shape index (κ2) is 10.1. The van der Waals surface area contributed by atoms with Crippen molar-refractivity contribution < 1.29 is 9.53 Å². The Labute approximate surface area is 180 Å². The molecule has 3 aromatic rings. The fourth-order valence-electron chi connectivity index (χ4n) is 3.49. The van der Waals surface area contributed by atoms with Gasteiger partial charge in [-0.15, -0.1) is 0 Å². The number of benzene rings is 2. The maximum Gasteiger partial charge on any atom is 0.261 e. The molecule has 0 radical (unpaired) electrons. The summed E-state index contributed by atoms with van der Waals surface area (Å²) in [5.74, 6) is 1.07. The Morgan fingerprint density at radius 1 is 1.00 bits per heavy atom. The molecule has 30 heavy (non-hydrogen) atoms. The molecule has 0 fully saturated rings. The van der Waals surface area contributed by atoms with Crippen molar-refractivity contribution in [1.82, 2.24) is 9.47 Å². The fourth-order valence-corrected chi connectivity index (χ4v) is 3.49. The highest BCUT2D eigenvalue weighted by Gasteiger charge is 2.24. The number of ether oxygens (including phenoxy) is 1. The van der Waals surface area contributed by atoms with E-state index in [1.165, 1.54) is 11.1 Å². The van der Waals surface area contributed by atoms with E-state index < -0.39 is 0 Å². The van der Waals surface area contributed by atoms with Crippen LogP contribution in [0.4, 0.5) is 0 Å². The van der Waals surface area contributed by atoms with E-state index in [9.17, 15) is 4.79 Å². The van der Waals surface area contributed by atoms with Crippen molar-refractivity contribution in [3.63, 3.8) is 0 Å². The fraction of sp³-hybridized carbons (Fsp3) is 0.346.